The number of hydrogen-bond acceptors (Lipinski definition) is 3. The second-order valence-corrected chi connectivity index (χ2v) is 6.58. The van der Waals surface area contributed by atoms with Crippen LogP contribution >= 0.6 is 7.60 Å². The maximum atomic E-state index is 13.5. The van der Waals surface area contributed by atoms with Crippen molar-refractivity contribution in [2.75, 3.05) is 12.8 Å². The molecule has 0 amide bonds. The van der Waals surface area contributed by atoms with Gasteiger partial charge in [-0.15, -0.1) is 0 Å². The molecule has 0 saturated heterocycles. The van der Waals surface area contributed by atoms with E-state index in [0.29, 0.717) is 19.3 Å². The number of alkyl halides is 4. The normalized spacial score (nSPS) is 28.9. The van der Waals surface area contributed by atoms with Crippen LogP contribution in [-0.2, 0) is 13.6 Å². The van der Waals surface area contributed by atoms with Crippen molar-refractivity contribution >= 4 is 7.60 Å². The Morgan fingerprint density at radius 3 is 2.39 bits per heavy atom. The smallest absolute Gasteiger partial charge is 0.302 e. The predicted octanol–water partition coefficient (Wildman–Crippen LogP) is 4.08. The topological polar surface area (TPSA) is 35.5 Å². The highest BCUT2D eigenvalue weighted by molar-refractivity contribution is 7.53. The van der Waals surface area contributed by atoms with E-state index in [4.69, 9.17) is 4.52 Å². The summed E-state index contributed by atoms with van der Waals surface area (Å²) in [4.78, 5) is 0. The third-order valence-corrected chi connectivity index (χ3v) is 4.62. The molecule has 1 fully saturated rings. The predicted molar refractivity (Wildman–Crippen MR) is 58.4 cm³/mol. The van der Waals surface area contributed by atoms with Crippen LogP contribution in [0.15, 0.2) is 0 Å². The van der Waals surface area contributed by atoms with Gasteiger partial charge < -0.3 is 4.52 Å². The molecule has 108 valence electrons. The standard InChI is InChI=1S/C10H17F4O3P/c1-2-18(15,16-7-10(12,13)14)17-9-6-4-3-5-8(9)11/h8-9H,2-7H2,1H3. The average molecular weight is 292 g/mol. The van der Waals surface area contributed by atoms with Crippen molar-refractivity contribution in [3.63, 3.8) is 0 Å². The van der Waals surface area contributed by atoms with Crippen LogP contribution in [0.2, 0.25) is 0 Å². The summed E-state index contributed by atoms with van der Waals surface area (Å²) in [5.41, 5.74) is 0. The van der Waals surface area contributed by atoms with Crippen molar-refractivity contribution in [3.05, 3.63) is 0 Å². The summed E-state index contributed by atoms with van der Waals surface area (Å²) in [7, 11) is -3.86. The molecule has 0 heterocycles. The zero-order valence-corrected chi connectivity index (χ0v) is 11.0. The highest BCUT2D eigenvalue weighted by atomic mass is 31.2. The Bertz CT molecular complexity index is 308. The zero-order valence-electron chi connectivity index (χ0n) is 10.1. The Labute approximate surface area is 103 Å². The van der Waals surface area contributed by atoms with Crippen molar-refractivity contribution in [1.82, 2.24) is 0 Å². The molecule has 3 atom stereocenters. The van der Waals surface area contributed by atoms with Gasteiger partial charge in [0.15, 0.2) is 6.61 Å². The summed E-state index contributed by atoms with van der Waals surface area (Å²) in [5, 5.41) is 0. The lowest BCUT2D eigenvalue weighted by Crippen LogP contribution is -2.29. The lowest BCUT2D eigenvalue weighted by atomic mass is 9.96. The third kappa shape index (κ3) is 5.24. The Morgan fingerprint density at radius 1 is 1.28 bits per heavy atom. The van der Waals surface area contributed by atoms with Crippen LogP contribution in [0.1, 0.15) is 32.6 Å². The summed E-state index contributed by atoms with van der Waals surface area (Å²) in [6.07, 6.45) is -4.91. The van der Waals surface area contributed by atoms with E-state index < -0.39 is 32.7 Å². The number of hydrogen-bond donors (Lipinski definition) is 0. The molecule has 0 aliphatic heterocycles. The molecule has 1 rings (SSSR count). The summed E-state index contributed by atoms with van der Waals surface area (Å²) < 4.78 is 70.7. The van der Waals surface area contributed by atoms with Gasteiger partial charge in [0.25, 0.3) is 0 Å². The van der Waals surface area contributed by atoms with Gasteiger partial charge in [-0.3, -0.25) is 9.09 Å². The highest BCUT2D eigenvalue weighted by Crippen LogP contribution is 2.51. The summed E-state index contributed by atoms with van der Waals surface area (Å²) in [6, 6.07) is 0. The van der Waals surface area contributed by atoms with Crippen LogP contribution < -0.4 is 0 Å². The first kappa shape index (κ1) is 15.9. The molecule has 8 heteroatoms. The van der Waals surface area contributed by atoms with Crippen LogP contribution in [0.3, 0.4) is 0 Å². The minimum absolute atomic E-state index is 0.202. The SMILES string of the molecule is CCP(=O)(OCC(F)(F)F)OC1CCCCC1F. The largest absolute Gasteiger partial charge is 0.412 e. The van der Waals surface area contributed by atoms with Gasteiger partial charge in [0.2, 0.25) is 0 Å². The van der Waals surface area contributed by atoms with Gasteiger partial charge >= 0.3 is 13.8 Å². The molecule has 0 N–H and O–H groups in total. The first-order valence-electron chi connectivity index (χ1n) is 5.88. The average Bonchev–Trinajstić information content (AvgIpc) is 2.29. The van der Waals surface area contributed by atoms with Gasteiger partial charge in [-0.1, -0.05) is 19.8 Å². The molecule has 1 saturated carbocycles. The monoisotopic (exact) mass is 292 g/mol. The second-order valence-electron chi connectivity index (χ2n) is 4.26. The summed E-state index contributed by atoms with van der Waals surface area (Å²) >= 11 is 0. The molecule has 1 aliphatic rings. The molecule has 0 radical (unpaired) electrons. The van der Waals surface area contributed by atoms with Crippen LogP contribution in [0.4, 0.5) is 17.6 Å². The van der Waals surface area contributed by atoms with Crippen LogP contribution in [0.5, 0.6) is 0 Å². The van der Waals surface area contributed by atoms with E-state index >= 15 is 0 Å². The van der Waals surface area contributed by atoms with Crippen molar-refractivity contribution < 1.29 is 31.2 Å². The van der Waals surface area contributed by atoms with E-state index in [1.165, 1.54) is 6.92 Å². The van der Waals surface area contributed by atoms with Gasteiger partial charge in [-0.05, 0) is 12.8 Å². The third-order valence-electron chi connectivity index (χ3n) is 2.73. The first-order chi connectivity index (χ1) is 8.26. The molecule has 0 aromatic rings. The first-order valence-corrected chi connectivity index (χ1v) is 7.61. The Morgan fingerprint density at radius 2 is 1.89 bits per heavy atom. The van der Waals surface area contributed by atoms with E-state index in [0.717, 1.165) is 0 Å². The minimum Gasteiger partial charge on any atom is -0.302 e. The van der Waals surface area contributed by atoms with Crippen molar-refractivity contribution in [1.29, 1.82) is 0 Å². The molecular weight excluding hydrogens is 275 g/mol. The maximum absolute atomic E-state index is 13.5. The van der Waals surface area contributed by atoms with E-state index in [1.807, 2.05) is 0 Å². The molecule has 18 heavy (non-hydrogen) atoms. The number of halogens is 4. The van der Waals surface area contributed by atoms with E-state index in [-0.39, 0.29) is 12.6 Å². The van der Waals surface area contributed by atoms with Gasteiger partial charge in [-0.25, -0.2) is 4.39 Å². The molecular formula is C10H17F4O3P. The second kappa shape index (κ2) is 6.35. The van der Waals surface area contributed by atoms with Crippen LogP contribution in [0.25, 0.3) is 0 Å². The fraction of sp³-hybridized carbons (Fsp3) is 1.00. The van der Waals surface area contributed by atoms with Crippen LogP contribution in [-0.4, -0.2) is 31.2 Å². The van der Waals surface area contributed by atoms with Crippen molar-refractivity contribution in [2.45, 2.75) is 51.1 Å². The lowest BCUT2D eigenvalue weighted by molar-refractivity contribution is -0.156. The van der Waals surface area contributed by atoms with Crippen molar-refractivity contribution in [2.24, 2.45) is 0 Å². The summed E-state index contributed by atoms with van der Waals surface area (Å²) in [6.45, 7) is -0.241. The van der Waals surface area contributed by atoms with Crippen molar-refractivity contribution in [3.8, 4) is 0 Å². The van der Waals surface area contributed by atoms with Gasteiger partial charge in [0, 0.05) is 6.16 Å². The van der Waals surface area contributed by atoms with Gasteiger partial charge in [-0.2, -0.15) is 13.2 Å². The molecule has 0 spiro atoms. The highest BCUT2D eigenvalue weighted by Gasteiger charge is 2.37. The Balaban J connectivity index is 2.55. The van der Waals surface area contributed by atoms with E-state index in [2.05, 4.69) is 4.52 Å². The Kier molecular flexibility index (Phi) is 5.62. The van der Waals surface area contributed by atoms with Gasteiger partial charge in [0.05, 0.1) is 6.10 Å². The van der Waals surface area contributed by atoms with E-state index in [1.54, 1.807) is 0 Å². The summed E-state index contributed by atoms with van der Waals surface area (Å²) in [5.74, 6) is 0. The fourth-order valence-corrected chi connectivity index (χ4v) is 3.13. The molecule has 0 bridgehead atoms. The molecule has 3 nitrogen and oxygen atoms in total. The molecule has 0 aromatic carbocycles. The Hall–Kier alpha value is -0.130. The van der Waals surface area contributed by atoms with E-state index in [9.17, 15) is 22.1 Å². The fourth-order valence-electron chi connectivity index (χ4n) is 1.74. The number of rotatable bonds is 5. The zero-order chi connectivity index (χ0) is 13.8. The van der Waals surface area contributed by atoms with Crippen LogP contribution in [0, 0.1) is 0 Å². The quantitative estimate of drug-likeness (QED) is 0.566. The van der Waals surface area contributed by atoms with Gasteiger partial charge in [0.1, 0.15) is 6.17 Å². The minimum atomic E-state index is -4.57. The molecule has 1 aliphatic carbocycles. The lowest BCUT2D eigenvalue weighted by Gasteiger charge is -2.29. The maximum Gasteiger partial charge on any atom is 0.412 e. The molecule has 0 aromatic heterocycles. The molecule has 3 unspecified atom stereocenters.